The highest BCUT2D eigenvalue weighted by atomic mass is 35.5. The maximum Gasteiger partial charge on any atom is 0.205 e. The van der Waals surface area contributed by atoms with E-state index >= 15 is 0 Å². The number of nitrogens with one attached hydrogen (secondary N) is 3. The zero-order valence-corrected chi connectivity index (χ0v) is 15.3. The monoisotopic (exact) mass is 367 g/mol. The molecule has 138 valence electrons. The molecule has 0 saturated carbocycles. The van der Waals surface area contributed by atoms with Crippen molar-refractivity contribution >= 4 is 29.1 Å². The first kappa shape index (κ1) is 17.1. The molecule has 0 amide bonds. The average molecular weight is 368 g/mol. The molecule has 2 saturated heterocycles. The van der Waals surface area contributed by atoms with Crippen molar-refractivity contribution < 1.29 is 5.11 Å². The van der Waals surface area contributed by atoms with E-state index in [9.17, 15) is 5.11 Å². The van der Waals surface area contributed by atoms with Crippen LogP contribution in [0, 0.1) is 0 Å². The van der Waals surface area contributed by atoms with E-state index in [-0.39, 0.29) is 0 Å². The number of halogens is 1. The minimum atomic E-state index is -0.860. The van der Waals surface area contributed by atoms with Crippen LogP contribution in [0.1, 0.15) is 26.2 Å². The van der Waals surface area contributed by atoms with E-state index in [0.717, 1.165) is 39.1 Å². The van der Waals surface area contributed by atoms with Gasteiger partial charge in [0.25, 0.3) is 0 Å². The lowest BCUT2D eigenvalue weighted by Crippen LogP contribution is -2.58. The molecule has 2 fully saturated rings. The van der Waals surface area contributed by atoms with E-state index in [1.54, 1.807) is 0 Å². The lowest BCUT2D eigenvalue weighted by Gasteiger charge is -2.46. The van der Waals surface area contributed by atoms with Crippen LogP contribution >= 0.6 is 11.6 Å². The first-order chi connectivity index (χ1) is 12.2. The van der Waals surface area contributed by atoms with Crippen LogP contribution in [0.4, 0.5) is 17.5 Å². The number of piperazine rings is 1. The Balaban J connectivity index is 1.50. The van der Waals surface area contributed by atoms with Gasteiger partial charge in [-0.3, -0.25) is 4.90 Å². The quantitative estimate of drug-likeness (QED) is 0.626. The highest BCUT2D eigenvalue weighted by Crippen LogP contribution is 2.33. The topological polar surface area (TPSA) is 88.6 Å². The van der Waals surface area contributed by atoms with Crippen LogP contribution in [0.25, 0.3) is 0 Å². The molecular weight excluding hydrogens is 342 g/mol. The van der Waals surface area contributed by atoms with Gasteiger partial charge in [-0.25, -0.2) is 9.97 Å². The molecule has 0 bridgehead atoms. The summed E-state index contributed by atoms with van der Waals surface area (Å²) in [6.45, 7) is 7.30. The summed E-state index contributed by atoms with van der Waals surface area (Å²) in [4.78, 5) is 13.9. The number of aliphatic hydroxyl groups is 1. The minimum absolute atomic E-state index is 0.382. The van der Waals surface area contributed by atoms with Crippen molar-refractivity contribution in [2.45, 2.75) is 44.6 Å². The van der Waals surface area contributed by atoms with Crippen molar-refractivity contribution in [1.82, 2.24) is 20.2 Å². The maximum absolute atomic E-state index is 9.63. The highest BCUT2D eigenvalue weighted by molar-refractivity contribution is 6.32. The second-order valence-electron chi connectivity index (χ2n) is 6.95. The van der Waals surface area contributed by atoms with E-state index in [4.69, 9.17) is 11.6 Å². The van der Waals surface area contributed by atoms with Crippen LogP contribution in [0.15, 0.2) is 0 Å². The normalized spacial score (nSPS) is 27.7. The summed E-state index contributed by atoms with van der Waals surface area (Å²) in [6, 6.07) is 1.18. The van der Waals surface area contributed by atoms with Gasteiger partial charge in [-0.1, -0.05) is 18.5 Å². The van der Waals surface area contributed by atoms with E-state index in [2.05, 4.69) is 42.6 Å². The Labute approximate surface area is 152 Å². The number of aliphatic hydroxyl groups excluding tert-OH is 1. The Morgan fingerprint density at radius 3 is 2.60 bits per heavy atom. The van der Waals surface area contributed by atoms with Gasteiger partial charge in [-0.2, -0.15) is 0 Å². The van der Waals surface area contributed by atoms with Crippen molar-refractivity contribution in [1.29, 1.82) is 0 Å². The third kappa shape index (κ3) is 3.36. The number of fused-ring (bicyclic) bond motifs is 1. The lowest BCUT2D eigenvalue weighted by molar-refractivity contribution is 0.0936. The number of nitrogens with zero attached hydrogens (tertiary/aromatic N) is 4. The number of aromatic nitrogens is 2. The molecule has 1 aromatic heterocycles. The van der Waals surface area contributed by atoms with Gasteiger partial charge in [-0.05, 0) is 32.4 Å². The molecule has 1 aromatic rings. The summed E-state index contributed by atoms with van der Waals surface area (Å²) in [5.41, 5.74) is 0. The molecule has 25 heavy (non-hydrogen) atoms. The molecule has 4 heterocycles. The van der Waals surface area contributed by atoms with Gasteiger partial charge in [0.1, 0.15) is 0 Å². The van der Waals surface area contributed by atoms with Crippen LogP contribution in [0.3, 0.4) is 0 Å². The van der Waals surface area contributed by atoms with Gasteiger partial charge in [0.15, 0.2) is 22.6 Å². The number of hydrogen-bond donors (Lipinski definition) is 4. The molecule has 8 nitrogen and oxygen atoms in total. The zero-order valence-electron chi connectivity index (χ0n) is 14.5. The van der Waals surface area contributed by atoms with Crippen LogP contribution in [0.2, 0.25) is 5.15 Å². The molecule has 0 radical (unpaired) electrons. The van der Waals surface area contributed by atoms with Gasteiger partial charge in [0, 0.05) is 31.7 Å². The molecule has 4 rings (SSSR count). The fourth-order valence-electron chi connectivity index (χ4n) is 4.15. The number of rotatable bonds is 3. The van der Waals surface area contributed by atoms with E-state index in [0.29, 0.717) is 34.7 Å². The van der Waals surface area contributed by atoms with Crippen molar-refractivity contribution in [3.05, 3.63) is 5.15 Å². The molecule has 3 aliphatic rings. The standard InChI is InChI=1S/C16H26ClN7O/c1-2-10-9-23(7-8-24(10)11-3-5-18-6-4-11)15-12(17)19-13-14(20-15)22-16(25)21-13/h10-11,16,18,25H,2-9H2,1H3,(H,19,21)(H,20,22)/t10-,16?/m0/s1. The van der Waals surface area contributed by atoms with Crippen LogP contribution < -0.4 is 20.9 Å². The number of piperidine rings is 1. The fraction of sp³-hybridized carbons (Fsp3) is 0.750. The Bertz CT molecular complexity index is 625. The smallest absolute Gasteiger partial charge is 0.205 e. The summed E-state index contributed by atoms with van der Waals surface area (Å²) in [5, 5.41) is 19.1. The van der Waals surface area contributed by atoms with Gasteiger partial charge in [-0.15, -0.1) is 0 Å². The summed E-state index contributed by atoms with van der Waals surface area (Å²) in [7, 11) is 0. The molecule has 3 aliphatic heterocycles. The molecule has 9 heteroatoms. The summed E-state index contributed by atoms with van der Waals surface area (Å²) in [5.74, 6) is 1.76. The van der Waals surface area contributed by atoms with Crippen LogP contribution in [-0.2, 0) is 0 Å². The lowest BCUT2D eigenvalue weighted by atomic mass is 9.99. The predicted octanol–water partition coefficient (Wildman–Crippen LogP) is 0.896. The first-order valence-corrected chi connectivity index (χ1v) is 9.53. The van der Waals surface area contributed by atoms with Crippen molar-refractivity contribution in [2.75, 3.05) is 48.3 Å². The molecule has 4 N–H and O–H groups in total. The SMILES string of the molecule is CC[C@H]1CN(c2nc3c(nc2Cl)NC(O)N3)CCN1C1CCNCC1. The summed E-state index contributed by atoms with van der Waals surface area (Å²) < 4.78 is 0. The zero-order chi connectivity index (χ0) is 17.4. The predicted molar refractivity (Wildman–Crippen MR) is 99.2 cm³/mol. The van der Waals surface area contributed by atoms with E-state index < -0.39 is 6.35 Å². The van der Waals surface area contributed by atoms with Gasteiger partial charge >= 0.3 is 0 Å². The van der Waals surface area contributed by atoms with Crippen LogP contribution in [-0.4, -0.2) is 71.1 Å². The third-order valence-corrected chi connectivity index (χ3v) is 5.71. The molecule has 2 atom stereocenters. The van der Waals surface area contributed by atoms with Gasteiger partial charge in [0.05, 0.1) is 0 Å². The van der Waals surface area contributed by atoms with E-state index in [1.165, 1.54) is 12.8 Å². The fourth-order valence-corrected chi connectivity index (χ4v) is 4.39. The Morgan fingerprint density at radius 1 is 1.16 bits per heavy atom. The van der Waals surface area contributed by atoms with Crippen molar-refractivity contribution in [3.63, 3.8) is 0 Å². The maximum atomic E-state index is 9.63. The molecular formula is C16H26ClN7O. The van der Waals surface area contributed by atoms with Gasteiger partial charge in [0.2, 0.25) is 6.35 Å². The first-order valence-electron chi connectivity index (χ1n) is 9.15. The summed E-state index contributed by atoms with van der Waals surface area (Å²) in [6.07, 6.45) is 2.70. The van der Waals surface area contributed by atoms with Crippen LogP contribution in [0.5, 0.6) is 0 Å². The molecule has 0 aliphatic carbocycles. The Hall–Kier alpha value is -1.35. The highest BCUT2D eigenvalue weighted by Gasteiger charge is 2.33. The second-order valence-corrected chi connectivity index (χ2v) is 7.31. The number of anilines is 3. The Morgan fingerprint density at radius 2 is 1.88 bits per heavy atom. The van der Waals surface area contributed by atoms with Gasteiger partial charge < -0.3 is 26.0 Å². The largest absolute Gasteiger partial charge is 0.356 e. The van der Waals surface area contributed by atoms with Crippen molar-refractivity contribution in [3.8, 4) is 0 Å². The van der Waals surface area contributed by atoms with E-state index in [1.807, 2.05) is 0 Å². The van der Waals surface area contributed by atoms with Crippen molar-refractivity contribution in [2.24, 2.45) is 0 Å². The average Bonchev–Trinajstić information content (AvgIpc) is 3.00. The summed E-state index contributed by atoms with van der Waals surface area (Å²) >= 11 is 6.38. The molecule has 0 spiro atoms. The molecule has 0 aromatic carbocycles. The minimum Gasteiger partial charge on any atom is -0.356 e. The Kier molecular flexibility index (Phi) is 4.86. The molecule has 1 unspecified atom stereocenters. The second kappa shape index (κ2) is 7.11. The third-order valence-electron chi connectivity index (χ3n) is 5.46. The number of hydrogen-bond acceptors (Lipinski definition) is 8.